The topological polar surface area (TPSA) is 8.17 Å². The van der Waals surface area contributed by atoms with Gasteiger partial charge in [0.1, 0.15) is 0 Å². The lowest BCUT2D eigenvalue weighted by molar-refractivity contribution is 0.660. The Morgan fingerprint density at radius 1 is 0.368 bits per heavy atom. The fourth-order valence-electron chi connectivity index (χ4n) is 9.33. The molecular weight excluding hydrogens is 689 g/mol. The van der Waals surface area contributed by atoms with Crippen molar-refractivity contribution in [2.75, 3.05) is 4.90 Å². The molecule has 0 atom stereocenters. The summed E-state index contributed by atoms with van der Waals surface area (Å²) >= 11 is 0. The third kappa shape index (κ3) is 5.33. The van der Waals surface area contributed by atoms with E-state index in [0.717, 1.165) is 17.1 Å². The standard InChI is InChI=1S/C55H40N2/c1-55(2)50-20-10-8-18-46(50)47-33-32-44(36-51(47)55)56(42-15-4-3-5-16-42)43-30-27-38(28-31-43)37-23-25-39(26-24-37)41-29-34-54-49(35-41)48-19-9-11-21-53(48)57(54)52-22-12-14-40-13-6-7-17-45(40)52/h3-36H,1-2H3. The van der Waals surface area contributed by atoms with Gasteiger partial charge in [-0.2, -0.15) is 0 Å². The molecule has 2 nitrogen and oxygen atoms in total. The molecule has 1 aromatic heterocycles. The first-order valence-electron chi connectivity index (χ1n) is 19.8. The van der Waals surface area contributed by atoms with Crippen LogP contribution in [0.3, 0.4) is 0 Å². The second kappa shape index (κ2) is 13.0. The predicted octanol–water partition coefficient (Wildman–Crippen LogP) is 15.0. The number of fused-ring (bicyclic) bond motifs is 7. The molecule has 0 unspecified atom stereocenters. The van der Waals surface area contributed by atoms with Crippen molar-refractivity contribution in [1.82, 2.24) is 4.57 Å². The minimum absolute atomic E-state index is 0.0670. The van der Waals surface area contributed by atoms with E-state index in [1.165, 1.54) is 82.8 Å². The van der Waals surface area contributed by atoms with E-state index < -0.39 is 0 Å². The zero-order valence-corrected chi connectivity index (χ0v) is 32.0. The number of aromatic nitrogens is 1. The van der Waals surface area contributed by atoms with E-state index in [9.17, 15) is 0 Å². The minimum Gasteiger partial charge on any atom is -0.310 e. The zero-order chi connectivity index (χ0) is 38.1. The van der Waals surface area contributed by atoms with Crippen molar-refractivity contribution < 1.29 is 0 Å². The molecule has 1 aliphatic rings. The summed E-state index contributed by atoms with van der Waals surface area (Å²) in [5, 5.41) is 5.02. The molecule has 0 saturated heterocycles. The van der Waals surface area contributed by atoms with Crippen LogP contribution in [0.1, 0.15) is 25.0 Å². The molecule has 0 N–H and O–H groups in total. The second-order valence-corrected chi connectivity index (χ2v) is 15.8. The molecule has 57 heavy (non-hydrogen) atoms. The molecule has 0 bridgehead atoms. The first-order valence-corrected chi connectivity index (χ1v) is 19.8. The molecule has 1 heterocycles. The lowest BCUT2D eigenvalue weighted by Crippen LogP contribution is -2.16. The molecule has 10 aromatic rings. The normalized spacial score (nSPS) is 12.9. The van der Waals surface area contributed by atoms with Crippen LogP contribution in [0.2, 0.25) is 0 Å². The zero-order valence-electron chi connectivity index (χ0n) is 32.0. The van der Waals surface area contributed by atoms with Crippen LogP contribution >= 0.6 is 0 Å². The maximum Gasteiger partial charge on any atom is 0.0541 e. The predicted molar refractivity (Wildman–Crippen MR) is 241 cm³/mol. The van der Waals surface area contributed by atoms with Crippen LogP contribution in [0.15, 0.2) is 206 Å². The fourth-order valence-corrected chi connectivity index (χ4v) is 9.33. The summed E-state index contributed by atoms with van der Waals surface area (Å²) in [5.74, 6) is 0. The highest BCUT2D eigenvalue weighted by atomic mass is 15.1. The van der Waals surface area contributed by atoms with Crippen LogP contribution in [0.25, 0.3) is 71.6 Å². The first kappa shape index (κ1) is 33.2. The quantitative estimate of drug-likeness (QED) is 0.165. The van der Waals surface area contributed by atoms with Crippen LogP contribution in [0, 0.1) is 0 Å². The van der Waals surface area contributed by atoms with Crippen LogP contribution in [-0.2, 0) is 5.41 Å². The third-order valence-corrected chi connectivity index (χ3v) is 12.2. The maximum atomic E-state index is 2.42. The van der Waals surface area contributed by atoms with E-state index in [0.29, 0.717) is 0 Å². The van der Waals surface area contributed by atoms with Crippen LogP contribution in [-0.4, -0.2) is 4.57 Å². The van der Waals surface area contributed by atoms with E-state index in [4.69, 9.17) is 0 Å². The summed E-state index contributed by atoms with van der Waals surface area (Å²) in [7, 11) is 0. The molecule has 0 radical (unpaired) electrons. The summed E-state index contributed by atoms with van der Waals surface area (Å²) in [4.78, 5) is 2.37. The number of anilines is 3. The van der Waals surface area contributed by atoms with Gasteiger partial charge in [0.15, 0.2) is 0 Å². The molecule has 9 aromatic carbocycles. The number of hydrogen-bond acceptors (Lipinski definition) is 1. The van der Waals surface area contributed by atoms with Gasteiger partial charge in [0, 0.05) is 38.6 Å². The molecule has 2 heteroatoms. The van der Waals surface area contributed by atoms with E-state index in [1.807, 2.05) is 0 Å². The van der Waals surface area contributed by atoms with Gasteiger partial charge in [-0.3, -0.25) is 0 Å². The van der Waals surface area contributed by atoms with Crippen LogP contribution < -0.4 is 4.90 Å². The smallest absolute Gasteiger partial charge is 0.0541 e. The summed E-state index contributed by atoms with van der Waals surface area (Å²) in [6.07, 6.45) is 0. The number of rotatable bonds is 6. The van der Waals surface area contributed by atoms with E-state index >= 15 is 0 Å². The summed E-state index contributed by atoms with van der Waals surface area (Å²) < 4.78 is 2.42. The van der Waals surface area contributed by atoms with Crippen molar-refractivity contribution in [2.24, 2.45) is 0 Å². The Balaban J connectivity index is 0.924. The van der Waals surface area contributed by atoms with Gasteiger partial charge in [-0.05, 0) is 111 Å². The summed E-state index contributed by atoms with van der Waals surface area (Å²) in [6, 6.07) is 75.5. The molecule has 270 valence electrons. The molecule has 0 aliphatic heterocycles. The van der Waals surface area contributed by atoms with Gasteiger partial charge in [0.25, 0.3) is 0 Å². The molecule has 1 aliphatic carbocycles. The average molecular weight is 729 g/mol. The van der Waals surface area contributed by atoms with Crippen molar-refractivity contribution in [3.8, 4) is 39.1 Å². The summed E-state index contributed by atoms with van der Waals surface area (Å²) in [6.45, 7) is 4.69. The second-order valence-electron chi connectivity index (χ2n) is 15.8. The SMILES string of the molecule is CC1(C)c2ccccc2-c2ccc(N(c3ccccc3)c3ccc(-c4ccc(-c5ccc6c(c5)c5ccccc5n6-c5cccc6ccccc56)cc4)cc3)cc21. The van der Waals surface area contributed by atoms with Crippen molar-refractivity contribution in [3.63, 3.8) is 0 Å². The Morgan fingerprint density at radius 2 is 0.930 bits per heavy atom. The third-order valence-electron chi connectivity index (χ3n) is 12.2. The van der Waals surface area contributed by atoms with Crippen molar-refractivity contribution in [3.05, 3.63) is 217 Å². The van der Waals surface area contributed by atoms with Gasteiger partial charge >= 0.3 is 0 Å². The fraction of sp³-hybridized carbons (Fsp3) is 0.0545. The number of benzene rings is 9. The molecule has 0 saturated carbocycles. The maximum absolute atomic E-state index is 2.42. The molecule has 0 spiro atoms. The Hall–Kier alpha value is -7.16. The van der Waals surface area contributed by atoms with Gasteiger partial charge in [-0.15, -0.1) is 0 Å². The van der Waals surface area contributed by atoms with Gasteiger partial charge in [-0.25, -0.2) is 0 Å². The highest BCUT2D eigenvalue weighted by Crippen LogP contribution is 2.50. The van der Waals surface area contributed by atoms with E-state index in [1.54, 1.807) is 0 Å². The highest BCUT2D eigenvalue weighted by Gasteiger charge is 2.35. The lowest BCUT2D eigenvalue weighted by atomic mass is 9.82. The average Bonchev–Trinajstić information content (AvgIpc) is 3.72. The van der Waals surface area contributed by atoms with Gasteiger partial charge in [0.2, 0.25) is 0 Å². The van der Waals surface area contributed by atoms with Crippen molar-refractivity contribution in [2.45, 2.75) is 19.3 Å². The highest BCUT2D eigenvalue weighted by molar-refractivity contribution is 6.11. The molecular formula is C55H40N2. The van der Waals surface area contributed by atoms with E-state index in [-0.39, 0.29) is 5.41 Å². The van der Waals surface area contributed by atoms with Gasteiger partial charge in [-0.1, -0.05) is 159 Å². The van der Waals surface area contributed by atoms with Gasteiger partial charge < -0.3 is 9.47 Å². The first-order chi connectivity index (χ1) is 28.0. The summed E-state index contributed by atoms with van der Waals surface area (Å²) in [5.41, 5.74) is 17.2. The van der Waals surface area contributed by atoms with Gasteiger partial charge in [0.05, 0.1) is 16.7 Å². The Labute approximate surface area is 333 Å². The lowest BCUT2D eigenvalue weighted by Gasteiger charge is -2.28. The molecule has 0 amide bonds. The Bertz CT molecular complexity index is 3130. The Kier molecular flexibility index (Phi) is 7.55. The number of nitrogens with zero attached hydrogens (tertiary/aromatic N) is 2. The van der Waals surface area contributed by atoms with Crippen LogP contribution in [0.4, 0.5) is 17.1 Å². The number of hydrogen-bond donors (Lipinski definition) is 0. The van der Waals surface area contributed by atoms with Crippen LogP contribution in [0.5, 0.6) is 0 Å². The monoisotopic (exact) mass is 728 g/mol. The minimum atomic E-state index is -0.0670. The molecule has 11 rings (SSSR count). The van der Waals surface area contributed by atoms with Crippen molar-refractivity contribution in [1.29, 1.82) is 0 Å². The Morgan fingerprint density at radius 3 is 1.74 bits per heavy atom. The van der Waals surface area contributed by atoms with Crippen molar-refractivity contribution >= 4 is 49.6 Å². The number of para-hydroxylation sites is 2. The largest absolute Gasteiger partial charge is 0.310 e. The molecule has 0 fully saturated rings. The van der Waals surface area contributed by atoms with E-state index in [2.05, 4.69) is 230 Å².